The van der Waals surface area contributed by atoms with Crippen molar-refractivity contribution < 1.29 is 23.8 Å². The van der Waals surface area contributed by atoms with Crippen LogP contribution in [0.25, 0.3) is 17.0 Å². The van der Waals surface area contributed by atoms with Gasteiger partial charge in [-0.15, -0.1) is 0 Å². The number of nitrogens with one attached hydrogen (secondary N) is 1. The zero-order valence-corrected chi connectivity index (χ0v) is 20.5. The highest BCUT2D eigenvalue weighted by molar-refractivity contribution is 7.80. The summed E-state index contributed by atoms with van der Waals surface area (Å²) in [6.07, 6.45) is 1.35. The molecule has 0 aliphatic carbocycles. The fraction of sp³-hybridized carbons (Fsp3) is 0.130. The van der Waals surface area contributed by atoms with E-state index in [2.05, 4.69) is 10.3 Å². The monoisotopic (exact) mass is 517 g/mol. The predicted octanol–water partition coefficient (Wildman–Crippen LogP) is 4.40. The van der Waals surface area contributed by atoms with Crippen LogP contribution < -0.4 is 24.4 Å². The van der Waals surface area contributed by atoms with Gasteiger partial charge < -0.3 is 14.2 Å². The summed E-state index contributed by atoms with van der Waals surface area (Å²) in [5.74, 6) is -0.132. The van der Waals surface area contributed by atoms with E-state index in [1.54, 1.807) is 36.4 Å². The number of pyridine rings is 1. The number of amides is 2. The molecule has 1 N–H and O–H groups in total. The lowest BCUT2D eigenvalue weighted by molar-refractivity contribution is -0.122. The third-order valence-electron chi connectivity index (χ3n) is 5.09. The second-order valence-corrected chi connectivity index (χ2v) is 8.20. The normalized spacial score (nSPS) is 15.0. The number of ether oxygens (including phenoxy) is 3. The molecule has 1 fully saturated rings. The molecule has 0 bridgehead atoms. The number of thiocarbonyl (C=S) groups is 1. The maximum absolute atomic E-state index is 13.3. The molecule has 8 nitrogen and oxygen atoms in total. The number of halogens is 2. The number of anilines is 1. The van der Waals surface area contributed by atoms with E-state index in [1.165, 1.54) is 32.3 Å². The molecule has 174 valence electrons. The minimum Gasteiger partial charge on any atom is -0.493 e. The van der Waals surface area contributed by atoms with Gasteiger partial charge in [0.15, 0.2) is 16.6 Å². The van der Waals surface area contributed by atoms with E-state index < -0.39 is 11.8 Å². The molecule has 0 spiro atoms. The average molecular weight is 518 g/mol. The molecule has 11 heteroatoms. The minimum atomic E-state index is -0.657. The molecule has 2 heterocycles. The van der Waals surface area contributed by atoms with Crippen molar-refractivity contribution in [3.05, 3.63) is 57.7 Å². The number of carbonyl (C=O) groups excluding carboxylic acids is 2. The molecular formula is C23H17Cl2N3O5S. The fourth-order valence-corrected chi connectivity index (χ4v) is 4.13. The quantitative estimate of drug-likeness (QED) is 0.232. The van der Waals surface area contributed by atoms with Crippen LogP contribution in [-0.4, -0.2) is 43.2 Å². The lowest BCUT2D eigenvalue weighted by Gasteiger charge is -2.29. The maximum atomic E-state index is 13.3. The van der Waals surface area contributed by atoms with Crippen LogP contribution in [-0.2, 0) is 9.59 Å². The highest BCUT2D eigenvalue weighted by Crippen LogP contribution is 2.43. The summed E-state index contributed by atoms with van der Waals surface area (Å²) >= 11 is 17.6. The molecular weight excluding hydrogens is 501 g/mol. The number of rotatable bonds is 5. The van der Waals surface area contributed by atoms with Gasteiger partial charge in [0.2, 0.25) is 5.75 Å². The molecule has 1 aromatic heterocycles. The third kappa shape index (κ3) is 4.13. The van der Waals surface area contributed by atoms with Crippen molar-refractivity contribution in [2.75, 3.05) is 26.2 Å². The van der Waals surface area contributed by atoms with Crippen molar-refractivity contribution in [3.63, 3.8) is 0 Å². The molecule has 2 amide bonds. The maximum Gasteiger partial charge on any atom is 0.270 e. The first-order valence-corrected chi connectivity index (χ1v) is 10.9. The summed E-state index contributed by atoms with van der Waals surface area (Å²) in [5.41, 5.74) is 1.07. The molecule has 4 rings (SSSR count). The molecule has 1 aliphatic rings. The number of fused-ring (bicyclic) bond motifs is 1. The predicted molar refractivity (Wildman–Crippen MR) is 134 cm³/mol. The van der Waals surface area contributed by atoms with Crippen LogP contribution in [0.15, 0.2) is 42.0 Å². The molecule has 0 radical (unpaired) electrons. The van der Waals surface area contributed by atoms with Gasteiger partial charge in [0.05, 0.1) is 32.5 Å². The number of nitrogens with zero attached hydrogens (tertiary/aromatic N) is 2. The van der Waals surface area contributed by atoms with Crippen LogP contribution in [0.4, 0.5) is 5.69 Å². The lowest BCUT2D eigenvalue weighted by atomic mass is 10.1. The minimum absolute atomic E-state index is 0.0456. The van der Waals surface area contributed by atoms with Crippen LogP contribution in [0.2, 0.25) is 10.2 Å². The molecule has 0 atom stereocenters. The van der Waals surface area contributed by atoms with Gasteiger partial charge in [0.25, 0.3) is 11.8 Å². The summed E-state index contributed by atoms with van der Waals surface area (Å²) in [7, 11) is 4.46. The van der Waals surface area contributed by atoms with Gasteiger partial charge in [0, 0.05) is 22.0 Å². The van der Waals surface area contributed by atoms with E-state index in [9.17, 15) is 9.59 Å². The van der Waals surface area contributed by atoms with Crippen molar-refractivity contribution in [2.24, 2.45) is 0 Å². The molecule has 0 saturated carbocycles. The number of benzene rings is 2. The van der Waals surface area contributed by atoms with Crippen molar-refractivity contribution in [1.82, 2.24) is 10.3 Å². The van der Waals surface area contributed by atoms with Crippen LogP contribution in [0.3, 0.4) is 0 Å². The molecule has 34 heavy (non-hydrogen) atoms. The van der Waals surface area contributed by atoms with Gasteiger partial charge >= 0.3 is 0 Å². The first kappa shape index (κ1) is 23.7. The molecule has 0 unspecified atom stereocenters. The Balaban J connectivity index is 1.85. The Labute approximate surface area is 210 Å². The van der Waals surface area contributed by atoms with Gasteiger partial charge in [-0.3, -0.25) is 19.8 Å². The lowest BCUT2D eigenvalue weighted by Crippen LogP contribution is -2.54. The van der Waals surface area contributed by atoms with E-state index in [-0.39, 0.29) is 15.8 Å². The number of carbonyl (C=O) groups is 2. The van der Waals surface area contributed by atoms with Gasteiger partial charge in [-0.25, -0.2) is 4.98 Å². The topological polar surface area (TPSA) is 90.0 Å². The average Bonchev–Trinajstić information content (AvgIpc) is 2.81. The van der Waals surface area contributed by atoms with E-state index in [4.69, 9.17) is 49.6 Å². The van der Waals surface area contributed by atoms with E-state index in [0.29, 0.717) is 44.4 Å². The van der Waals surface area contributed by atoms with Crippen molar-refractivity contribution in [1.29, 1.82) is 0 Å². The second-order valence-electron chi connectivity index (χ2n) is 7.01. The summed E-state index contributed by atoms with van der Waals surface area (Å²) in [6, 6.07) is 9.78. The Hall–Kier alpha value is -3.40. The summed E-state index contributed by atoms with van der Waals surface area (Å²) < 4.78 is 16.3. The van der Waals surface area contributed by atoms with Gasteiger partial charge in [0.1, 0.15) is 10.7 Å². The van der Waals surface area contributed by atoms with Gasteiger partial charge in [-0.1, -0.05) is 23.2 Å². The van der Waals surface area contributed by atoms with Crippen molar-refractivity contribution in [2.45, 2.75) is 0 Å². The Morgan fingerprint density at radius 3 is 2.29 bits per heavy atom. The standard InChI is InChI=1S/C23H17Cl2N3O5S/c1-31-17-10-16-14(18(32-2)19(17)33-3)8-11(20(25)26-16)9-15-21(29)27-23(34)28(22(15)30)13-6-4-12(24)5-7-13/h4-10H,1-3H3,(H,27,29,34). The van der Waals surface area contributed by atoms with Crippen LogP contribution in [0, 0.1) is 0 Å². The SMILES string of the molecule is COc1cc2nc(Cl)c(C=C3C(=O)NC(=S)N(c4ccc(Cl)cc4)C3=O)cc2c(OC)c1OC. The largest absolute Gasteiger partial charge is 0.493 e. The Bertz CT molecular complexity index is 1380. The van der Waals surface area contributed by atoms with Gasteiger partial charge in [-0.05, 0) is 48.6 Å². The van der Waals surface area contributed by atoms with E-state index >= 15 is 0 Å². The Kier molecular flexibility index (Phi) is 6.60. The zero-order valence-electron chi connectivity index (χ0n) is 18.1. The summed E-state index contributed by atoms with van der Waals surface area (Å²) in [5, 5.41) is 3.59. The third-order valence-corrected chi connectivity index (χ3v) is 5.93. The number of hydrogen-bond donors (Lipinski definition) is 1. The molecule has 3 aromatic rings. The van der Waals surface area contributed by atoms with Crippen LogP contribution >= 0.6 is 35.4 Å². The summed E-state index contributed by atoms with van der Waals surface area (Å²) in [4.78, 5) is 31.5. The summed E-state index contributed by atoms with van der Waals surface area (Å²) in [6.45, 7) is 0. The first-order valence-electron chi connectivity index (χ1n) is 9.75. The molecule has 1 saturated heterocycles. The highest BCUT2D eigenvalue weighted by Gasteiger charge is 2.34. The first-order chi connectivity index (χ1) is 16.3. The van der Waals surface area contributed by atoms with Crippen molar-refractivity contribution >= 4 is 75.0 Å². The van der Waals surface area contributed by atoms with Gasteiger partial charge in [-0.2, -0.15) is 0 Å². The van der Waals surface area contributed by atoms with Crippen LogP contribution in [0.1, 0.15) is 5.56 Å². The van der Waals surface area contributed by atoms with E-state index in [1.807, 2.05) is 0 Å². The molecule has 1 aliphatic heterocycles. The zero-order chi connectivity index (χ0) is 24.6. The van der Waals surface area contributed by atoms with Crippen molar-refractivity contribution in [3.8, 4) is 17.2 Å². The number of methoxy groups -OCH3 is 3. The fourth-order valence-electron chi connectivity index (χ4n) is 3.52. The Morgan fingerprint density at radius 2 is 1.68 bits per heavy atom. The number of hydrogen-bond acceptors (Lipinski definition) is 7. The second kappa shape index (κ2) is 9.46. The Morgan fingerprint density at radius 1 is 1.00 bits per heavy atom. The number of aromatic nitrogens is 1. The van der Waals surface area contributed by atoms with E-state index in [0.717, 1.165) is 0 Å². The smallest absolute Gasteiger partial charge is 0.270 e. The molecule has 2 aromatic carbocycles. The van der Waals surface area contributed by atoms with Crippen LogP contribution in [0.5, 0.6) is 17.2 Å². The highest BCUT2D eigenvalue weighted by atomic mass is 35.5.